The second-order valence-corrected chi connectivity index (χ2v) is 7.24. The summed E-state index contributed by atoms with van der Waals surface area (Å²) in [5.41, 5.74) is 0.350. The Morgan fingerprint density at radius 1 is 1.36 bits per heavy atom. The zero-order chi connectivity index (χ0) is 16.2. The quantitative estimate of drug-likeness (QED) is 0.774. The van der Waals surface area contributed by atoms with Gasteiger partial charge in [0, 0.05) is 32.9 Å². The molecule has 0 aromatic carbocycles. The second kappa shape index (κ2) is 7.26. The lowest BCUT2D eigenvalue weighted by atomic mass is 10.3. The Hall–Kier alpha value is -1.38. The van der Waals surface area contributed by atoms with Gasteiger partial charge in [-0.3, -0.25) is 4.79 Å². The molecular formula is C14H23N3O4S. The molecule has 0 atom stereocenters. The Morgan fingerprint density at radius 2 is 2.05 bits per heavy atom. The molecule has 1 fully saturated rings. The van der Waals surface area contributed by atoms with Gasteiger partial charge in [0.25, 0.3) is 5.91 Å². The number of carbonyl (C=O) groups excluding carboxylic acids is 1. The molecule has 1 aliphatic rings. The SMILES string of the molecule is CCCCNC(=O)c1cc(S(=O)(=O)N2CCOCC2)cn1C. The molecule has 1 aromatic heterocycles. The highest BCUT2D eigenvalue weighted by molar-refractivity contribution is 7.89. The van der Waals surface area contributed by atoms with Crippen LogP contribution >= 0.6 is 0 Å². The van der Waals surface area contributed by atoms with Gasteiger partial charge in [-0.2, -0.15) is 4.31 Å². The third-order valence-corrected chi connectivity index (χ3v) is 5.50. The summed E-state index contributed by atoms with van der Waals surface area (Å²) in [5.74, 6) is -0.251. The van der Waals surface area contributed by atoms with E-state index in [2.05, 4.69) is 5.32 Å². The van der Waals surface area contributed by atoms with Crippen LogP contribution < -0.4 is 5.32 Å². The van der Waals surface area contributed by atoms with Crippen molar-refractivity contribution in [3.8, 4) is 0 Å². The van der Waals surface area contributed by atoms with E-state index in [1.54, 1.807) is 11.6 Å². The summed E-state index contributed by atoms with van der Waals surface area (Å²) in [5, 5.41) is 2.80. The average Bonchev–Trinajstić information content (AvgIpc) is 2.91. The average molecular weight is 329 g/mol. The largest absolute Gasteiger partial charge is 0.379 e. The number of aryl methyl sites for hydroxylation is 1. The number of unbranched alkanes of at least 4 members (excludes halogenated alkanes) is 1. The van der Waals surface area contributed by atoms with Crippen LogP contribution in [0.3, 0.4) is 0 Å². The number of morpholine rings is 1. The summed E-state index contributed by atoms with van der Waals surface area (Å²) >= 11 is 0. The van der Waals surface area contributed by atoms with E-state index in [4.69, 9.17) is 4.74 Å². The van der Waals surface area contributed by atoms with E-state index in [0.29, 0.717) is 38.5 Å². The Labute approximate surface area is 131 Å². The number of amides is 1. The van der Waals surface area contributed by atoms with Gasteiger partial charge in [-0.05, 0) is 12.5 Å². The highest BCUT2D eigenvalue weighted by Crippen LogP contribution is 2.19. The molecule has 124 valence electrons. The highest BCUT2D eigenvalue weighted by Gasteiger charge is 2.28. The van der Waals surface area contributed by atoms with Gasteiger partial charge in [0.2, 0.25) is 10.0 Å². The Kier molecular flexibility index (Phi) is 5.60. The molecule has 8 heteroatoms. The van der Waals surface area contributed by atoms with Gasteiger partial charge in [-0.25, -0.2) is 8.42 Å². The van der Waals surface area contributed by atoms with Crippen LogP contribution in [-0.2, 0) is 21.8 Å². The van der Waals surface area contributed by atoms with Crippen molar-refractivity contribution < 1.29 is 17.9 Å². The lowest BCUT2D eigenvalue weighted by molar-refractivity contribution is 0.0730. The maximum absolute atomic E-state index is 12.6. The van der Waals surface area contributed by atoms with E-state index >= 15 is 0 Å². The molecule has 7 nitrogen and oxygen atoms in total. The van der Waals surface area contributed by atoms with Crippen molar-refractivity contribution >= 4 is 15.9 Å². The van der Waals surface area contributed by atoms with Crippen LogP contribution in [0.1, 0.15) is 30.3 Å². The zero-order valence-corrected chi connectivity index (χ0v) is 13.9. The standard InChI is InChI=1S/C14H23N3O4S/c1-3-4-5-15-14(18)13-10-12(11-16(13)2)22(19,20)17-6-8-21-9-7-17/h10-11H,3-9H2,1-2H3,(H,15,18). The summed E-state index contributed by atoms with van der Waals surface area (Å²) in [7, 11) is -1.90. The molecule has 1 saturated heterocycles. The Morgan fingerprint density at radius 3 is 2.68 bits per heavy atom. The number of sulfonamides is 1. The molecular weight excluding hydrogens is 306 g/mol. The number of aromatic nitrogens is 1. The number of carbonyl (C=O) groups is 1. The van der Waals surface area contributed by atoms with E-state index in [1.165, 1.54) is 16.6 Å². The van der Waals surface area contributed by atoms with Crippen molar-refractivity contribution in [3.63, 3.8) is 0 Å². The lowest BCUT2D eigenvalue weighted by Crippen LogP contribution is -2.40. The molecule has 0 saturated carbocycles. The molecule has 0 aliphatic carbocycles. The molecule has 2 heterocycles. The fourth-order valence-corrected chi connectivity index (χ4v) is 3.79. The number of nitrogens with zero attached hydrogens (tertiary/aromatic N) is 2. The molecule has 1 amide bonds. The van der Waals surface area contributed by atoms with Crippen LogP contribution in [0.5, 0.6) is 0 Å². The number of nitrogens with one attached hydrogen (secondary N) is 1. The molecule has 22 heavy (non-hydrogen) atoms. The maximum Gasteiger partial charge on any atom is 0.267 e. The summed E-state index contributed by atoms with van der Waals surface area (Å²) in [6, 6.07) is 1.44. The minimum Gasteiger partial charge on any atom is -0.379 e. The van der Waals surface area contributed by atoms with Crippen LogP contribution in [0, 0.1) is 0 Å². The van der Waals surface area contributed by atoms with Crippen LogP contribution in [0.15, 0.2) is 17.2 Å². The number of hydrogen-bond acceptors (Lipinski definition) is 4. The van der Waals surface area contributed by atoms with E-state index in [-0.39, 0.29) is 10.8 Å². The molecule has 0 unspecified atom stereocenters. The third-order valence-electron chi connectivity index (χ3n) is 3.64. The minimum atomic E-state index is -3.57. The van der Waals surface area contributed by atoms with Gasteiger partial charge in [0.1, 0.15) is 10.6 Å². The predicted octanol–water partition coefficient (Wildman–Crippen LogP) is 0.576. The lowest BCUT2D eigenvalue weighted by Gasteiger charge is -2.25. The monoisotopic (exact) mass is 329 g/mol. The normalized spacial score (nSPS) is 16.6. The molecule has 1 N–H and O–H groups in total. The Bertz CT molecular complexity index is 618. The fourth-order valence-electron chi connectivity index (χ4n) is 2.31. The first-order valence-corrected chi connectivity index (χ1v) is 8.93. The smallest absolute Gasteiger partial charge is 0.267 e. The topological polar surface area (TPSA) is 80.6 Å². The fraction of sp³-hybridized carbons (Fsp3) is 0.643. The molecule has 0 spiro atoms. The first kappa shape index (κ1) is 17.0. The van der Waals surface area contributed by atoms with Gasteiger partial charge in [-0.1, -0.05) is 13.3 Å². The van der Waals surface area contributed by atoms with Crippen molar-refractivity contribution in [2.24, 2.45) is 7.05 Å². The van der Waals surface area contributed by atoms with Crippen LogP contribution in [-0.4, -0.2) is 56.0 Å². The van der Waals surface area contributed by atoms with Crippen molar-refractivity contribution in [2.45, 2.75) is 24.7 Å². The van der Waals surface area contributed by atoms with Crippen molar-refractivity contribution in [3.05, 3.63) is 18.0 Å². The van der Waals surface area contributed by atoms with E-state index in [9.17, 15) is 13.2 Å². The van der Waals surface area contributed by atoms with Gasteiger partial charge in [0.05, 0.1) is 13.2 Å². The maximum atomic E-state index is 12.6. The molecule has 2 rings (SSSR count). The molecule has 1 aromatic rings. The number of ether oxygens (including phenoxy) is 1. The zero-order valence-electron chi connectivity index (χ0n) is 13.0. The highest BCUT2D eigenvalue weighted by atomic mass is 32.2. The van der Waals surface area contributed by atoms with E-state index in [0.717, 1.165) is 12.8 Å². The van der Waals surface area contributed by atoms with Crippen LogP contribution in [0.4, 0.5) is 0 Å². The first-order valence-electron chi connectivity index (χ1n) is 7.49. The summed E-state index contributed by atoms with van der Waals surface area (Å²) in [4.78, 5) is 12.2. The van der Waals surface area contributed by atoms with Gasteiger partial charge in [0.15, 0.2) is 0 Å². The van der Waals surface area contributed by atoms with Gasteiger partial charge in [-0.15, -0.1) is 0 Å². The van der Waals surface area contributed by atoms with Gasteiger partial charge < -0.3 is 14.6 Å². The molecule has 0 bridgehead atoms. The molecule has 1 aliphatic heterocycles. The second-order valence-electron chi connectivity index (χ2n) is 5.30. The first-order chi connectivity index (χ1) is 10.5. The summed E-state index contributed by atoms with van der Waals surface area (Å²) in [6.07, 6.45) is 3.37. The van der Waals surface area contributed by atoms with E-state index in [1.807, 2.05) is 6.92 Å². The molecule has 0 radical (unpaired) electrons. The van der Waals surface area contributed by atoms with Crippen LogP contribution in [0.2, 0.25) is 0 Å². The van der Waals surface area contributed by atoms with Crippen molar-refractivity contribution in [2.75, 3.05) is 32.8 Å². The number of rotatable bonds is 6. The van der Waals surface area contributed by atoms with Crippen LogP contribution in [0.25, 0.3) is 0 Å². The summed E-state index contributed by atoms with van der Waals surface area (Å²) < 4.78 is 33.2. The number of hydrogen-bond donors (Lipinski definition) is 1. The Balaban J connectivity index is 2.16. The van der Waals surface area contributed by atoms with Crippen molar-refractivity contribution in [1.29, 1.82) is 0 Å². The van der Waals surface area contributed by atoms with Gasteiger partial charge >= 0.3 is 0 Å². The third kappa shape index (κ3) is 3.68. The summed E-state index contributed by atoms with van der Waals surface area (Å²) in [6.45, 7) is 4.12. The predicted molar refractivity (Wildman–Crippen MR) is 82.2 cm³/mol. The minimum absolute atomic E-state index is 0.151. The van der Waals surface area contributed by atoms with E-state index < -0.39 is 10.0 Å². The van der Waals surface area contributed by atoms with Crippen molar-refractivity contribution in [1.82, 2.24) is 14.2 Å².